The summed E-state index contributed by atoms with van der Waals surface area (Å²) in [6, 6.07) is -0.0228. The molecule has 0 spiro atoms. The summed E-state index contributed by atoms with van der Waals surface area (Å²) >= 11 is 0. The number of imidazole rings is 1. The van der Waals surface area contributed by atoms with E-state index in [1.165, 1.54) is 16.8 Å². The molecule has 1 fully saturated rings. The summed E-state index contributed by atoms with van der Waals surface area (Å²) in [5, 5.41) is 9.70. The van der Waals surface area contributed by atoms with Gasteiger partial charge in [0.15, 0.2) is 5.03 Å². The molecule has 0 aromatic carbocycles. The molecule has 1 saturated carbocycles. The number of aliphatic hydroxyl groups excluding tert-OH is 1. The van der Waals surface area contributed by atoms with Gasteiger partial charge in [0.2, 0.25) is 0 Å². The zero-order valence-corrected chi connectivity index (χ0v) is 12.9. The Kier molecular flexibility index (Phi) is 4.82. The minimum Gasteiger partial charge on any atom is -0.392 e. The van der Waals surface area contributed by atoms with Gasteiger partial charge < -0.3 is 9.67 Å². The molecule has 1 aliphatic carbocycles. The van der Waals surface area contributed by atoms with Crippen molar-refractivity contribution in [2.24, 2.45) is 7.05 Å². The van der Waals surface area contributed by atoms with E-state index in [1.54, 1.807) is 18.5 Å². The van der Waals surface area contributed by atoms with Crippen molar-refractivity contribution < 1.29 is 13.5 Å². The van der Waals surface area contributed by atoms with Crippen LogP contribution in [0.5, 0.6) is 0 Å². The summed E-state index contributed by atoms with van der Waals surface area (Å²) in [5.74, 6) is 0. The van der Waals surface area contributed by atoms with Crippen LogP contribution in [0.2, 0.25) is 0 Å². The number of rotatable bonds is 5. The Morgan fingerprint density at radius 1 is 1.45 bits per heavy atom. The van der Waals surface area contributed by atoms with E-state index in [9.17, 15) is 13.5 Å². The van der Waals surface area contributed by atoms with Gasteiger partial charge in [0.05, 0.1) is 12.4 Å². The number of aryl methyl sites for hydroxylation is 1. The van der Waals surface area contributed by atoms with Gasteiger partial charge in [0, 0.05) is 25.8 Å². The van der Waals surface area contributed by atoms with Crippen LogP contribution < -0.4 is 0 Å². The fraction of sp³-hybridized carbons (Fsp3) is 0.769. The van der Waals surface area contributed by atoms with E-state index in [0.29, 0.717) is 0 Å². The Labute approximate surface area is 120 Å². The van der Waals surface area contributed by atoms with Crippen LogP contribution in [0, 0.1) is 0 Å². The van der Waals surface area contributed by atoms with Crippen LogP contribution in [0.25, 0.3) is 0 Å². The van der Waals surface area contributed by atoms with Gasteiger partial charge in [-0.25, -0.2) is 13.4 Å². The molecule has 2 rings (SSSR count). The highest BCUT2D eigenvalue weighted by molar-refractivity contribution is 7.89. The second-order valence-corrected chi connectivity index (χ2v) is 7.43. The molecule has 1 N–H and O–H groups in total. The van der Waals surface area contributed by atoms with Crippen molar-refractivity contribution in [3.05, 3.63) is 12.5 Å². The average Bonchev–Trinajstić information content (AvgIpc) is 2.84. The number of aromatic nitrogens is 2. The number of hydrogen-bond acceptors (Lipinski definition) is 4. The average molecular weight is 301 g/mol. The van der Waals surface area contributed by atoms with Gasteiger partial charge in [0.1, 0.15) is 0 Å². The first-order valence-electron chi connectivity index (χ1n) is 7.09. The van der Waals surface area contributed by atoms with Crippen LogP contribution in [0.4, 0.5) is 0 Å². The zero-order chi connectivity index (χ0) is 14.8. The quantitative estimate of drug-likeness (QED) is 0.884. The van der Waals surface area contributed by atoms with Crippen molar-refractivity contribution in [2.75, 3.05) is 6.54 Å². The molecule has 1 heterocycles. The molecule has 1 aromatic heterocycles. The Morgan fingerprint density at radius 3 is 2.60 bits per heavy atom. The third kappa shape index (κ3) is 3.39. The van der Waals surface area contributed by atoms with Crippen LogP contribution >= 0.6 is 0 Å². The lowest BCUT2D eigenvalue weighted by molar-refractivity contribution is 0.136. The fourth-order valence-corrected chi connectivity index (χ4v) is 4.45. The Balaban J connectivity index is 2.29. The Morgan fingerprint density at radius 2 is 2.10 bits per heavy atom. The number of hydrogen-bond donors (Lipinski definition) is 1. The van der Waals surface area contributed by atoms with Gasteiger partial charge in [-0.1, -0.05) is 19.3 Å². The van der Waals surface area contributed by atoms with Crippen LogP contribution in [-0.4, -0.2) is 46.1 Å². The second-order valence-electron chi connectivity index (χ2n) is 5.59. The molecule has 6 nitrogen and oxygen atoms in total. The molecular formula is C13H23N3O3S. The zero-order valence-electron chi connectivity index (χ0n) is 12.1. The molecule has 0 amide bonds. The molecule has 1 aliphatic rings. The van der Waals surface area contributed by atoms with E-state index in [-0.39, 0.29) is 17.6 Å². The Hall–Kier alpha value is -0.920. The van der Waals surface area contributed by atoms with Crippen LogP contribution in [-0.2, 0) is 17.1 Å². The van der Waals surface area contributed by atoms with E-state index in [4.69, 9.17) is 0 Å². The van der Waals surface area contributed by atoms with Crippen molar-refractivity contribution >= 4 is 10.0 Å². The van der Waals surface area contributed by atoms with Crippen molar-refractivity contribution in [3.8, 4) is 0 Å². The predicted octanol–water partition coefficient (Wildman–Crippen LogP) is 1.12. The molecule has 0 bridgehead atoms. The molecule has 0 aliphatic heterocycles. The third-order valence-electron chi connectivity index (χ3n) is 3.68. The predicted molar refractivity (Wildman–Crippen MR) is 75.7 cm³/mol. The van der Waals surface area contributed by atoms with Gasteiger partial charge in [-0.15, -0.1) is 0 Å². The summed E-state index contributed by atoms with van der Waals surface area (Å²) < 4.78 is 28.5. The normalized spacial score (nSPS) is 19.4. The molecular weight excluding hydrogens is 278 g/mol. The Bertz CT molecular complexity index is 533. The molecule has 0 unspecified atom stereocenters. The van der Waals surface area contributed by atoms with E-state index in [2.05, 4.69) is 4.98 Å². The van der Waals surface area contributed by atoms with Gasteiger partial charge in [-0.2, -0.15) is 4.31 Å². The topological polar surface area (TPSA) is 75.4 Å². The summed E-state index contributed by atoms with van der Waals surface area (Å²) in [7, 11) is -1.89. The maximum Gasteiger partial charge on any atom is 0.262 e. The standard InChI is InChI=1S/C13H23N3O3S/c1-11(17)8-16(12-6-4-3-5-7-12)20(18,19)13-9-15(2)10-14-13/h9-12,17H,3-8H2,1-2H3/t11-/m0/s1. The first-order chi connectivity index (χ1) is 9.41. The van der Waals surface area contributed by atoms with Crippen molar-refractivity contribution in [1.82, 2.24) is 13.9 Å². The second kappa shape index (κ2) is 6.24. The smallest absolute Gasteiger partial charge is 0.262 e. The van der Waals surface area contributed by atoms with Gasteiger partial charge in [-0.05, 0) is 19.8 Å². The van der Waals surface area contributed by atoms with E-state index in [1.807, 2.05) is 0 Å². The molecule has 7 heteroatoms. The molecule has 114 valence electrons. The van der Waals surface area contributed by atoms with Crippen LogP contribution in [0.15, 0.2) is 17.6 Å². The van der Waals surface area contributed by atoms with E-state index in [0.717, 1.165) is 32.1 Å². The van der Waals surface area contributed by atoms with Crippen LogP contribution in [0.1, 0.15) is 39.0 Å². The lowest BCUT2D eigenvalue weighted by Crippen LogP contribution is -2.45. The largest absolute Gasteiger partial charge is 0.392 e. The van der Waals surface area contributed by atoms with Crippen molar-refractivity contribution in [3.63, 3.8) is 0 Å². The van der Waals surface area contributed by atoms with Crippen molar-refractivity contribution in [2.45, 2.75) is 56.2 Å². The highest BCUT2D eigenvalue weighted by atomic mass is 32.2. The molecule has 1 atom stereocenters. The maximum atomic E-state index is 12.7. The summed E-state index contributed by atoms with van der Waals surface area (Å²) in [5.41, 5.74) is 0. The van der Waals surface area contributed by atoms with Crippen molar-refractivity contribution in [1.29, 1.82) is 0 Å². The first-order valence-corrected chi connectivity index (χ1v) is 8.53. The van der Waals surface area contributed by atoms with E-state index >= 15 is 0 Å². The molecule has 0 saturated heterocycles. The summed E-state index contributed by atoms with van der Waals surface area (Å²) in [4.78, 5) is 3.96. The lowest BCUT2D eigenvalue weighted by Gasteiger charge is -2.33. The monoisotopic (exact) mass is 301 g/mol. The minimum absolute atomic E-state index is 0.0228. The summed E-state index contributed by atoms with van der Waals surface area (Å²) in [6.07, 6.45) is 7.26. The van der Waals surface area contributed by atoms with Gasteiger partial charge in [0.25, 0.3) is 10.0 Å². The maximum absolute atomic E-state index is 12.7. The third-order valence-corrected chi connectivity index (χ3v) is 5.48. The SMILES string of the molecule is C[C@H](O)CN(C1CCCCC1)S(=O)(=O)c1cn(C)cn1. The summed E-state index contributed by atoms with van der Waals surface area (Å²) in [6.45, 7) is 1.74. The first kappa shape index (κ1) is 15.5. The molecule has 0 radical (unpaired) electrons. The highest BCUT2D eigenvalue weighted by Crippen LogP contribution is 2.27. The van der Waals surface area contributed by atoms with E-state index < -0.39 is 16.1 Å². The lowest BCUT2D eigenvalue weighted by atomic mass is 9.95. The van der Waals surface area contributed by atoms with Gasteiger partial charge >= 0.3 is 0 Å². The van der Waals surface area contributed by atoms with Gasteiger partial charge in [-0.3, -0.25) is 0 Å². The van der Waals surface area contributed by atoms with Crippen LogP contribution in [0.3, 0.4) is 0 Å². The molecule has 20 heavy (non-hydrogen) atoms. The number of sulfonamides is 1. The fourth-order valence-electron chi connectivity index (χ4n) is 2.72. The highest BCUT2D eigenvalue weighted by Gasteiger charge is 2.34. The minimum atomic E-state index is -3.63. The number of aliphatic hydroxyl groups is 1. The molecule has 1 aromatic rings. The number of nitrogens with zero attached hydrogens (tertiary/aromatic N) is 3.